The van der Waals surface area contributed by atoms with Gasteiger partial charge in [0.1, 0.15) is 10.6 Å². The molecule has 2 aliphatic rings. The number of hydrogen-bond acceptors (Lipinski definition) is 6. The summed E-state index contributed by atoms with van der Waals surface area (Å²) in [5.41, 5.74) is -0.196. The highest BCUT2D eigenvalue weighted by Crippen LogP contribution is 2.35. The minimum atomic E-state index is -3.71. The molecular weight excluding hydrogens is 310 g/mol. The number of nitro groups is 1. The molecular formula is C13H17N3O5S. The van der Waals surface area contributed by atoms with Gasteiger partial charge in [-0.2, -0.15) is 4.31 Å². The third-order valence-corrected chi connectivity index (χ3v) is 6.20. The molecule has 2 atom stereocenters. The predicted molar refractivity (Wildman–Crippen MR) is 78.3 cm³/mol. The van der Waals surface area contributed by atoms with Crippen LogP contribution in [0.1, 0.15) is 0 Å². The Morgan fingerprint density at radius 3 is 2.50 bits per heavy atom. The van der Waals surface area contributed by atoms with Crippen LogP contribution in [-0.4, -0.2) is 50.9 Å². The van der Waals surface area contributed by atoms with E-state index in [2.05, 4.69) is 5.32 Å². The topological polar surface area (TPSA) is 102 Å². The molecule has 2 heterocycles. The van der Waals surface area contributed by atoms with Crippen LogP contribution >= 0.6 is 0 Å². The zero-order valence-electron chi connectivity index (χ0n) is 12.1. The number of hydrogen-bond donors (Lipinski definition) is 1. The largest absolute Gasteiger partial charge is 0.495 e. The first-order valence-corrected chi connectivity index (χ1v) is 8.41. The first-order valence-electron chi connectivity index (χ1n) is 6.97. The van der Waals surface area contributed by atoms with Gasteiger partial charge in [-0.15, -0.1) is 0 Å². The van der Waals surface area contributed by atoms with Gasteiger partial charge in [0, 0.05) is 19.2 Å². The van der Waals surface area contributed by atoms with Crippen LogP contribution in [-0.2, 0) is 10.0 Å². The van der Waals surface area contributed by atoms with E-state index in [1.54, 1.807) is 0 Å². The molecule has 0 bridgehead atoms. The SMILES string of the molecule is COc1cc([N+](=O)[O-])ccc1S(=O)(=O)N1C[C@H]2CNC[C@H]2C1. The van der Waals surface area contributed by atoms with Crippen LogP contribution in [0.4, 0.5) is 5.69 Å². The monoisotopic (exact) mass is 327 g/mol. The summed E-state index contributed by atoms with van der Waals surface area (Å²) in [6.07, 6.45) is 0. The number of sulfonamides is 1. The molecule has 0 radical (unpaired) electrons. The number of fused-ring (bicyclic) bond motifs is 1. The summed E-state index contributed by atoms with van der Waals surface area (Å²) in [6.45, 7) is 2.60. The van der Waals surface area contributed by atoms with Gasteiger partial charge in [-0.3, -0.25) is 10.1 Å². The van der Waals surface area contributed by atoms with Gasteiger partial charge in [-0.25, -0.2) is 8.42 Å². The van der Waals surface area contributed by atoms with Crippen LogP contribution in [0.25, 0.3) is 0 Å². The fourth-order valence-corrected chi connectivity index (χ4v) is 4.82. The van der Waals surface area contributed by atoms with Gasteiger partial charge in [0.2, 0.25) is 10.0 Å². The highest BCUT2D eigenvalue weighted by atomic mass is 32.2. The molecule has 0 amide bonds. The number of nitrogens with zero attached hydrogens (tertiary/aromatic N) is 2. The lowest BCUT2D eigenvalue weighted by molar-refractivity contribution is -0.385. The highest BCUT2D eigenvalue weighted by Gasteiger charge is 2.42. The van der Waals surface area contributed by atoms with E-state index in [-0.39, 0.29) is 16.3 Å². The van der Waals surface area contributed by atoms with Crippen molar-refractivity contribution in [2.45, 2.75) is 4.90 Å². The Morgan fingerprint density at radius 1 is 1.32 bits per heavy atom. The van der Waals surface area contributed by atoms with Crippen LogP contribution in [0.15, 0.2) is 23.1 Å². The summed E-state index contributed by atoms with van der Waals surface area (Å²) >= 11 is 0. The van der Waals surface area contributed by atoms with E-state index >= 15 is 0 Å². The highest BCUT2D eigenvalue weighted by molar-refractivity contribution is 7.89. The molecule has 120 valence electrons. The van der Waals surface area contributed by atoms with Crippen molar-refractivity contribution >= 4 is 15.7 Å². The molecule has 0 spiro atoms. The number of methoxy groups -OCH3 is 1. The quantitative estimate of drug-likeness (QED) is 0.636. The Hall–Kier alpha value is -1.71. The van der Waals surface area contributed by atoms with Gasteiger partial charge < -0.3 is 10.1 Å². The van der Waals surface area contributed by atoms with Crippen molar-refractivity contribution in [3.8, 4) is 5.75 Å². The number of ether oxygens (including phenoxy) is 1. The lowest BCUT2D eigenvalue weighted by Gasteiger charge is -2.19. The summed E-state index contributed by atoms with van der Waals surface area (Å²) in [5, 5.41) is 14.1. The summed E-state index contributed by atoms with van der Waals surface area (Å²) < 4.78 is 32.1. The van der Waals surface area contributed by atoms with Gasteiger partial charge in [0.15, 0.2) is 0 Å². The fourth-order valence-electron chi connectivity index (χ4n) is 3.13. The number of non-ortho nitro benzene ring substituents is 1. The van der Waals surface area contributed by atoms with Gasteiger partial charge in [0.25, 0.3) is 5.69 Å². The van der Waals surface area contributed by atoms with E-state index in [0.29, 0.717) is 24.9 Å². The van der Waals surface area contributed by atoms with Gasteiger partial charge >= 0.3 is 0 Å². The molecule has 1 aromatic carbocycles. The van der Waals surface area contributed by atoms with E-state index in [1.165, 1.54) is 23.5 Å². The Labute approximate surface area is 128 Å². The summed E-state index contributed by atoms with van der Waals surface area (Å²) in [5.74, 6) is 0.669. The van der Waals surface area contributed by atoms with Crippen molar-refractivity contribution in [1.29, 1.82) is 0 Å². The maximum Gasteiger partial charge on any atom is 0.273 e. The zero-order chi connectivity index (χ0) is 15.9. The second-order valence-corrected chi connectivity index (χ2v) is 7.50. The molecule has 0 saturated carbocycles. The average molecular weight is 327 g/mol. The molecule has 0 unspecified atom stereocenters. The third-order valence-electron chi connectivity index (χ3n) is 4.33. The lowest BCUT2D eigenvalue weighted by Crippen LogP contribution is -2.32. The number of benzene rings is 1. The molecule has 2 fully saturated rings. The van der Waals surface area contributed by atoms with E-state index in [4.69, 9.17) is 4.74 Å². The third kappa shape index (κ3) is 2.44. The van der Waals surface area contributed by atoms with Crippen LogP contribution in [0, 0.1) is 22.0 Å². The molecule has 0 aromatic heterocycles. The molecule has 2 saturated heterocycles. The Bertz CT molecular complexity index is 694. The molecule has 1 aromatic rings. The van der Waals surface area contributed by atoms with Crippen LogP contribution in [0.3, 0.4) is 0 Å². The van der Waals surface area contributed by atoms with E-state index < -0.39 is 14.9 Å². The molecule has 9 heteroatoms. The number of nitrogens with one attached hydrogen (secondary N) is 1. The van der Waals surface area contributed by atoms with Crippen LogP contribution < -0.4 is 10.1 Å². The van der Waals surface area contributed by atoms with Crippen LogP contribution in [0.2, 0.25) is 0 Å². The molecule has 22 heavy (non-hydrogen) atoms. The van der Waals surface area contributed by atoms with Gasteiger partial charge in [-0.1, -0.05) is 0 Å². The maximum atomic E-state index is 12.8. The predicted octanol–water partition coefficient (Wildman–Crippen LogP) is 0.443. The van der Waals surface area contributed by atoms with Crippen molar-refractivity contribution in [3.63, 3.8) is 0 Å². The molecule has 2 aliphatic heterocycles. The summed E-state index contributed by atoms with van der Waals surface area (Å²) in [4.78, 5) is 10.2. The van der Waals surface area contributed by atoms with Gasteiger partial charge in [0.05, 0.1) is 18.1 Å². The smallest absolute Gasteiger partial charge is 0.273 e. The summed E-state index contributed by atoms with van der Waals surface area (Å²) in [6, 6.07) is 3.58. The first-order chi connectivity index (χ1) is 10.4. The van der Waals surface area contributed by atoms with Crippen molar-refractivity contribution in [3.05, 3.63) is 28.3 Å². The molecule has 8 nitrogen and oxygen atoms in total. The number of nitro benzene ring substituents is 1. The Morgan fingerprint density at radius 2 is 1.95 bits per heavy atom. The Kier molecular flexibility index (Phi) is 3.79. The van der Waals surface area contributed by atoms with Crippen molar-refractivity contribution in [1.82, 2.24) is 9.62 Å². The normalized spacial score (nSPS) is 25.1. The van der Waals surface area contributed by atoms with Crippen molar-refractivity contribution in [2.24, 2.45) is 11.8 Å². The number of rotatable bonds is 4. The average Bonchev–Trinajstić information content (AvgIpc) is 3.07. The minimum absolute atomic E-state index is 0.00406. The summed E-state index contributed by atoms with van der Waals surface area (Å²) in [7, 11) is -2.40. The van der Waals surface area contributed by atoms with E-state index in [1.807, 2.05) is 0 Å². The van der Waals surface area contributed by atoms with Crippen LogP contribution in [0.5, 0.6) is 5.75 Å². The van der Waals surface area contributed by atoms with E-state index in [9.17, 15) is 18.5 Å². The first kappa shape index (κ1) is 15.2. The fraction of sp³-hybridized carbons (Fsp3) is 0.538. The van der Waals surface area contributed by atoms with Crippen molar-refractivity contribution < 1.29 is 18.1 Å². The molecule has 1 N–H and O–H groups in total. The molecule has 3 rings (SSSR count). The zero-order valence-corrected chi connectivity index (χ0v) is 12.9. The lowest BCUT2D eigenvalue weighted by atomic mass is 10.0. The second kappa shape index (κ2) is 5.49. The second-order valence-electron chi connectivity index (χ2n) is 5.59. The minimum Gasteiger partial charge on any atom is -0.495 e. The molecule has 0 aliphatic carbocycles. The maximum absolute atomic E-state index is 12.8. The Balaban J connectivity index is 1.94. The van der Waals surface area contributed by atoms with E-state index in [0.717, 1.165) is 19.2 Å². The van der Waals surface area contributed by atoms with Gasteiger partial charge in [-0.05, 0) is 31.0 Å². The van der Waals surface area contributed by atoms with Crippen molar-refractivity contribution in [2.75, 3.05) is 33.3 Å². The standard InChI is InChI=1S/C13H17N3O5S/c1-21-12-4-11(16(17)18)2-3-13(12)22(19,20)15-7-9-5-14-6-10(9)8-15/h2-4,9-10,14H,5-8H2,1H3/t9-,10+.